The van der Waals surface area contributed by atoms with Crippen molar-refractivity contribution in [2.45, 2.75) is 24.8 Å². The highest BCUT2D eigenvalue weighted by molar-refractivity contribution is 7.97. The van der Waals surface area contributed by atoms with Gasteiger partial charge in [0.15, 0.2) is 0 Å². The quantitative estimate of drug-likeness (QED) is 0.212. The van der Waals surface area contributed by atoms with Gasteiger partial charge in [-0.3, -0.25) is 0 Å². The highest BCUT2D eigenvalue weighted by Gasteiger charge is 2.18. The molecule has 4 nitrogen and oxygen atoms in total. The Morgan fingerprint density at radius 3 is 2.19 bits per heavy atom. The number of fused-ring (bicyclic) bond motifs is 1. The number of hydrogen-bond acceptors (Lipinski definition) is 4. The molecule has 0 spiro atoms. The Labute approximate surface area is 215 Å². The lowest BCUT2D eigenvalue weighted by atomic mass is 10.0. The van der Waals surface area contributed by atoms with E-state index in [1.807, 2.05) is 30.3 Å². The Balaban J connectivity index is 1.37. The first-order valence-electron chi connectivity index (χ1n) is 11.9. The molecule has 5 aromatic rings. The largest absolute Gasteiger partial charge is 0.475 e. The zero-order chi connectivity index (χ0) is 24.9. The second-order valence-corrected chi connectivity index (χ2v) is 9.94. The second-order valence-electron chi connectivity index (χ2n) is 8.77. The molecule has 0 fully saturated rings. The molecule has 0 aliphatic rings. The predicted octanol–water partition coefficient (Wildman–Crippen LogP) is 7.86. The molecule has 0 saturated carbocycles. The van der Waals surface area contributed by atoms with Crippen LogP contribution in [0.25, 0.3) is 22.1 Å². The number of furan rings is 1. The van der Waals surface area contributed by atoms with Gasteiger partial charge in [-0.05, 0) is 65.7 Å². The van der Waals surface area contributed by atoms with Crippen LogP contribution in [0.4, 0.5) is 0 Å². The molecule has 5 heteroatoms. The van der Waals surface area contributed by atoms with Crippen LogP contribution in [0.5, 0.6) is 0 Å². The molecule has 1 N–H and O–H groups in total. The van der Waals surface area contributed by atoms with Crippen molar-refractivity contribution in [1.29, 1.82) is 0 Å². The van der Waals surface area contributed by atoms with E-state index in [0.717, 1.165) is 29.8 Å². The van der Waals surface area contributed by atoms with Gasteiger partial charge < -0.3 is 9.52 Å². The van der Waals surface area contributed by atoms with Crippen LogP contribution in [0, 0.1) is 6.92 Å². The molecule has 0 amide bonds. The fourth-order valence-corrected chi connectivity index (χ4v) is 5.30. The molecule has 0 bridgehead atoms. The third-order valence-electron chi connectivity index (χ3n) is 6.25. The molecule has 36 heavy (non-hydrogen) atoms. The molecular weight excluding hydrogens is 466 g/mol. The molecule has 180 valence electrons. The highest BCUT2D eigenvalue weighted by atomic mass is 32.2. The molecular formula is C31H27NO3S. The van der Waals surface area contributed by atoms with Gasteiger partial charge in [0, 0.05) is 28.9 Å². The maximum Gasteiger partial charge on any atom is 0.372 e. The second kappa shape index (κ2) is 10.9. The summed E-state index contributed by atoms with van der Waals surface area (Å²) in [6.45, 7) is 3.46. The van der Waals surface area contributed by atoms with E-state index < -0.39 is 5.97 Å². The Morgan fingerprint density at radius 1 is 0.833 bits per heavy atom. The molecule has 0 aliphatic heterocycles. The first-order valence-corrected chi connectivity index (χ1v) is 12.7. The van der Waals surface area contributed by atoms with Crippen LogP contribution in [0.2, 0.25) is 0 Å². The number of carbonyl (C=O) groups is 1. The van der Waals surface area contributed by atoms with Gasteiger partial charge in [0.1, 0.15) is 5.58 Å². The minimum absolute atomic E-state index is 0.00610. The molecule has 0 radical (unpaired) electrons. The first kappa shape index (κ1) is 23.9. The van der Waals surface area contributed by atoms with Crippen LogP contribution < -0.4 is 0 Å². The van der Waals surface area contributed by atoms with Crippen LogP contribution in [0.1, 0.15) is 27.2 Å². The molecule has 0 unspecified atom stereocenters. The summed E-state index contributed by atoms with van der Waals surface area (Å²) in [4.78, 5) is 12.5. The lowest BCUT2D eigenvalue weighted by molar-refractivity contribution is 0.0664. The zero-order valence-electron chi connectivity index (χ0n) is 20.1. The van der Waals surface area contributed by atoms with E-state index in [-0.39, 0.29) is 5.76 Å². The van der Waals surface area contributed by atoms with Crippen molar-refractivity contribution < 1.29 is 14.3 Å². The minimum atomic E-state index is -1.04. The van der Waals surface area contributed by atoms with Gasteiger partial charge in [-0.15, -0.1) is 0 Å². The summed E-state index contributed by atoms with van der Waals surface area (Å²) in [5, 5.41) is 10.2. The van der Waals surface area contributed by atoms with Gasteiger partial charge in [0.2, 0.25) is 5.76 Å². The van der Waals surface area contributed by atoms with E-state index in [0.29, 0.717) is 11.1 Å². The van der Waals surface area contributed by atoms with E-state index in [9.17, 15) is 9.90 Å². The standard InChI is InChI=1S/C31H27NO3S/c1-22-28-20-27(16-17-29(28)35-30(22)31(33)34)36-32(19-18-23-8-4-2-5-9-23)21-24-12-14-26(15-13-24)25-10-6-3-7-11-25/h2-17,20H,18-19,21H2,1H3,(H,33,34). The third-order valence-corrected chi connectivity index (χ3v) is 7.28. The number of hydrogen-bond donors (Lipinski definition) is 1. The Kier molecular flexibility index (Phi) is 7.21. The number of nitrogens with zero attached hydrogens (tertiary/aromatic N) is 1. The van der Waals surface area contributed by atoms with Crippen molar-refractivity contribution >= 4 is 28.9 Å². The summed E-state index contributed by atoms with van der Waals surface area (Å²) in [7, 11) is 0. The zero-order valence-corrected chi connectivity index (χ0v) is 20.9. The van der Waals surface area contributed by atoms with Gasteiger partial charge >= 0.3 is 5.97 Å². The van der Waals surface area contributed by atoms with Crippen molar-refractivity contribution in [2.75, 3.05) is 6.54 Å². The Bertz CT molecular complexity index is 1460. The highest BCUT2D eigenvalue weighted by Crippen LogP contribution is 2.32. The minimum Gasteiger partial charge on any atom is -0.475 e. The SMILES string of the molecule is Cc1c(C(=O)O)oc2ccc(SN(CCc3ccccc3)Cc3ccc(-c4ccccc4)cc3)cc12. The van der Waals surface area contributed by atoms with Crippen LogP contribution in [-0.4, -0.2) is 21.9 Å². The van der Waals surface area contributed by atoms with Crippen molar-refractivity contribution in [1.82, 2.24) is 4.31 Å². The lowest BCUT2D eigenvalue weighted by Crippen LogP contribution is -2.18. The number of aryl methyl sites for hydroxylation is 1. The first-order chi connectivity index (χ1) is 17.6. The molecule has 0 saturated heterocycles. The average Bonchev–Trinajstić information content (AvgIpc) is 3.25. The number of carboxylic acid groups (broad SMARTS) is 1. The number of benzene rings is 4. The molecule has 1 heterocycles. The summed E-state index contributed by atoms with van der Waals surface area (Å²) in [5.74, 6) is -1.03. The Morgan fingerprint density at radius 2 is 1.50 bits per heavy atom. The van der Waals surface area contributed by atoms with Gasteiger partial charge in [-0.25, -0.2) is 9.10 Å². The molecule has 4 aromatic carbocycles. The maximum absolute atomic E-state index is 11.5. The monoisotopic (exact) mass is 493 g/mol. The Hall–Kier alpha value is -3.80. The number of aromatic carboxylic acids is 1. The summed E-state index contributed by atoms with van der Waals surface area (Å²) in [5.41, 5.74) is 6.22. The predicted molar refractivity (Wildman–Crippen MR) is 146 cm³/mol. The van der Waals surface area contributed by atoms with Crippen molar-refractivity contribution in [2.24, 2.45) is 0 Å². The fraction of sp³-hybridized carbons (Fsp3) is 0.129. The summed E-state index contributed by atoms with van der Waals surface area (Å²) < 4.78 is 7.91. The topological polar surface area (TPSA) is 53.7 Å². The van der Waals surface area contributed by atoms with Gasteiger partial charge in [0.05, 0.1) is 0 Å². The molecule has 0 atom stereocenters. The number of rotatable bonds is 9. The molecule has 5 rings (SSSR count). The van der Waals surface area contributed by atoms with Gasteiger partial charge in [-0.2, -0.15) is 0 Å². The van der Waals surface area contributed by atoms with Crippen molar-refractivity contribution in [3.8, 4) is 11.1 Å². The van der Waals surface area contributed by atoms with E-state index in [2.05, 4.69) is 77.1 Å². The lowest BCUT2D eigenvalue weighted by Gasteiger charge is -2.22. The average molecular weight is 494 g/mol. The molecule has 1 aromatic heterocycles. The van der Waals surface area contributed by atoms with Crippen LogP contribution in [-0.2, 0) is 13.0 Å². The van der Waals surface area contributed by atoms with Crippen molar-refractivity contribution in [3.63, 3.8) is 0 Å². The molecule has 0 aliphatic carbocycles. The van der Waals surface area contributed by atoms with Crippen LogP contribution in [0.15, 0.2) is 112 Å². The summed E-state index contributed by atoms with van der Waals surface area (Å²) >= 11 is 1.69. The van der Waals surface area contributed by atoms with Crippen LogP contribution in [0.3, 0.4) is 0 Å². The van der Waals surface area contributed by atoms with E-state index >= 15 is 0 Å². The normalized spacial score (nSPS) is 11.3. The summed E-state index contributed by atoms with van der Waals surface area (Å²) in [6.07, 6.45) is 0.937. The van der Waals surface area contributed by atoms with Crippen LogP contribution >= 0.6 is 11.9 Å². The maximum atomic E-state index is 11.5. The van der Waals surface area contributed by atoms with Gasteiger partial charge in [0.25, 0.3) is 0 Å². The smallest absolute Gasteiger partial charge is 0.372 e. The van der Waals surface area contributed by atoms with E-state index in [1.54, 1.807) is 18.9 Å². The fourth-order valence-electron chi connectivity index (χ4n) is 4.30. The van der Waals surface area contributed by atoms with Crippen molar-refractivity contribution in [3.05, 3.63) is 126 Å². The summed E-state index contributed by atoms with van der Waals surface area (Å²) in [6, 6.07) is 35.5. The van der Waals surface area contributed by atoms with Gasteiger partial charge in [-0.1, -0.05) is 84.9 Å². The van der Waals surface area contributed by atoms with E-state index in [1.165, 1.54) is 22.3 Å². The third kappa shape index (κ3) is 5.54. The number of carboxylic acids is 1. The van der Waals surface area contributed by atoms with E-state index in [4.69, 9.17) is 4.42 Å².